The van der Waals surface area contributed by atoms with Gasteiger partial charge in [-0.3, -0.25) is 0 Å². The minimum Gasteiger partial charge on any atom is -0.478 e. The highest BCUT2D eigenvalue weighted by molar-refractivity contribution is 14.1. The number of hydrogen-bond acceptors (Lipinski definition) is 2. The summed E-state index contributed by atoms with van der Waals surface area (Å²) < 4.78 is 1.10. The van der Waals surface area contributed by atoms with Crippen molar-refractivity contribution in [3.05, 3.63) is 57.2 Å². The SMILES string of the molecule is Cc1ccc(C(=O)O)c(Nc2cccc(I)c2)c1. The van der Waals surface area contributed by atoms with Crippen LogP contribution in [0.4, 0.5) is 11.4 Å². The van der Waals surface area contributed by atoms with Crippen LogP contribution in [0.2, 0.25) is 0 Å². The molecule has 0 aromatic heterocycles. The van der Waals surface area contributed by atoms with E-state index in [0.717, 1.165) is 14.8 Å². The van der Waals surface area contributed by atoms with E-state index < -0.39 is 5.97 Å². The maximum Gasteiger partial charge on any atom is 0.337 e. The number of rotatable bonds is 3. The normalized spacial score (nSPS) is 10.1. The quantitative estimate of drug-likeness (QED) is 0.819. The molecule has 0 heterocycles. The summed E-state index contributed by atoms with van der Waals surface area (Å²) in [5, 5.41) is 12.3. The average molecular weight is 353 g/mol. The lowest BCUT2D eigenvalue weighted by Crippen LogP contribution is -2.03. The van der Waals surface area contributed by atoms with Gasteiger partial charge in [-0.25, -0.2) is 4.79 Å². The van der Waals surface area contributed by atoms with Crippen molar-refractivity contribution in [2.45, 2.75) is 6.92 Å². The number of aryl methyl sites for hydroxylation is 1. The Hall–Kier alpha value is -1.56. The standard InChI is InChI=1S/C14H12INO2/c1-9-5-6-12(14(17)18)13(7-9)16-11-4-2-3-10(15)8-11/h2-8,16H,1H3,(H,17,18). The van der Waals surface area contributed by atoms with Crippen LogP contribution in [-0.2, 0) is 0 Å². The molecule has 0 aliphatic rings. The Kier molecular flexibility index (Phi) is 3.86. The lowest BCUT2D eigenvalue weighted by Gasteiger charge is -2.10. The fraction of sp³-hybridized carbons (Fsp3) is 0.0714. The van der Waals surface area contributed by atoms with Crippen LogP contribution in [0.15, 0.2) is 42.5 Å². The van der Waals surface area contributed by atoms with Crippen molar-refractivity contribution >= 4 is 39.9 Å². The van der Waals surface area contributed by atoms with E-state index in [9.17, 15) is 4.79 Å². The molecular weight excluding hydrogens is 341 g/mol. The molecule has 0 saturated heterocycles. The molecule has 3 nitrogen and oxygen atoms in total. The van der Waals surface area contributed by atoms with E-state index in [1.54, 1.807) is 12.1 Å². The van der Waals surface area contributed by atoms with Crippen LogP contribution in [0.1, 0.15) is 15.9 Å². The van der Waals surface area contributed by atoms with E-state index in [2.05, 4.69) is 27.9 Å². The van der Waals surface area contributed by atoms with E-state index in [0.29, 0.717) is 5.69 Å². The third-order valence-electron chi connectivity index (χ3n) is 2.51. The zero-order valence-corrected chi connectivity index (χ0v) is 11.9. The summed E-state index contributed by atoms with van der Waals surface area (Å²) >= 11 is 2.22. The fourth-order valence-corrected chi connectivity index (χ4v) is 2.21. The minimum absolute atomic E-state index is 0.277. The largest absolute Gasteiger partial charge is 0.478 e. The third kappa shape index (κ3) is 3.01. The van der Waals surface area contributed by atoms with Gasteiger partial charge in [-0.1, -0.05) is 12.1 Å². The van der Waals surface area contributed by atoms with Gasteiger partial charge in [-0.2, -0.15) is 0 Å². The molecule has 18 heavy (non-hydrogen) atoms. The summed E-state index contributed by atoms with van der Waals surface area (Å²) in [5.41, 5.74) is 2.80. The molecule has 2 aromatic rings. The van der Waals surface area contributed by atoms with Gasteiger partial charge >= 0.3 is 5.97 Å². The zero-order chi connectivity index (χ0) is 13.1. The molecule has 92 valence electrons. The first-order chi connectivity index (χ1) is 8.56. The molecule has 0 atom stereocenters. The van der Waals surface area contributed by atoms with Crippen molar-refractivity contribution in [2.75, 3.05) is 5.32 Å². The highest BCUT2D eigenvalue weighted by Crippen LogP contribution is 2.23. The van der Waals surface area contributed by atoms with Gasteiger partial charge in [0.2, 0.25) is 0 Å². The van der Waals surface area contributed by atoms with Crippen LogP contribution in [0.25, 0.3) is 0 Å². The molecule has 0 amide bonds. The van der Waals surface area contributed by atoms with Gasteiger partial charge < -0.3 is 10.4 Å². The molecule has 2 aromatic carbocycles. The monoisotopic (exact) mass is 353 g/mol. The van der Waals surface area contributed by atoms with Gasteiger partial charge in [0, 0.05) is 9.26 Å². The number of halogens is 1. The van der Waals surface area contributed by atoms with Crippen LogP contribution >= 0.6 is 22.6 Å². The molecule has 4 heteroatoms. The van der Waals surface area contributed by atoms with Crippen LogP contribution < -0.4 is 5.32 Å². The van der Waals surface area contributed by atoms with Crippen LogP contribution in [-0.4, -0.2) is 11.1 Å². The second-order valence-corrected chi connectivity index (χ2v) is 5.24. The molecule has 0 unspecified atom stereocenters. The first-order valence-corrected chi connectivity index (χ1v) is 6.50. The molecular formula is C14H12INO2. The summed E-state index contributed by atoms with van der Waals surface area (Å²) in [6.45, 7) is 1.94. The number of carboxylic acids is 1. The summed E-state index contributed by atoms with van der Waals surface area (Å²) in [4.78, 5) is 11.1. The molecule has 0 fully saturated rings. The van der Waals surface area contributed by atoms with Crippen molar-refractivity contribution in [3.8, 4) is 0 Å². The number of anilines is 2. The lowest BCUT2D eigenvalue weighted by molar-refractivity contribution is 0.0698. The molecule has 0 aliphatic carbocycles. The highest BCUT2D eigenvalue weighted by Gasteiger charge is 2.10. The number of carbonyl (C=O) groups is 1. The van der Waals surface area contributed by atoms with Crippen LogP contribution in [0.3, 0.4) is 0 Å². The minimum atomic E-state index is -0.928. The second kappa shape index (κ2) is 5.39. The Morgan fingerprint density at radius 3 is 2.67 bits per heavy atom. The van der Waals surface area contributed by atoms with Crippen LogP contribution in [0.5, 0.6) is 0 Å². The topological polar surface area (TPSA) is 49.3 Å². The number of hydrogen-bond donors (Lipinski definition) is 2. The first-order valence-electron chi connectivity index (χ1n) is 5.43. The summed E-state index contributed by atoms with van der Waals surface area (Å²) in [6.07, 6.45) is 0. The predicted molar refractivity (Wildman–Crippen MR) is 80.6 cm³/mol. The van der Waals surface area contributed by atoms with Gasteiger partial charge in [0.05, 0.1) is 11.3 Å². The number of benzene rings is 2. The molecule has 2 rings (SSSR count). The molecule has 0 bridgehead atoms. The maximum absolute atomic E-state index is 11.1. The number of nitrogens with one attached hydrogen (secondary N) is 1. The first kappa shape index (κ1) is 12.9. The van der Waals surface area contributed by atoms with E-state index in [-0.39, 0.29) is 5.56 Å². The molecule has 0 saturated carbocycles. The summed E-state index contributed by atoms with van der Waals surface area (Å²) in [7, 11) is 0. The van der Waals surface area contributed by atoms with Crippen molar-refractivity contribution in [2.24, 2.45) is 0 Å². The van der Waals surface area contributed by atoms with Gasteiger partial charge in [-0.05, 0) is 65.4 Å². The Morgan fingerprint density at radius 1 is 1.22 bits per heavy atom. The molecule has 0 spiro atoms. The van der Waals surface area contributed by atoms with Crippen molar-refractivity contribution < 1.29 is 9.90 Å². The van der Waals surface area contributed by atoms with E-state index in [1.165, 1.54) is 0 Å². The smallest absolute Gasteiger partial charge is 0.337 e. The maximum atomic E-state index is 11.1. The van der Waals surface area contributed by atoms with Crippen molar-refractivity contribution in [1.29, 1.82) is 0 Å². The Morgan fingerprint density at radius 2 is 2.00 bits per heavy atom. The zero-order valence-electron chi connectivity index (χ0n) is 9.77. The van der Waals surface area contributed by atoms with E-state index >= 15 is 0 Å². The number of carboxylic acid groups (broad SMARTS) is 1. The predicted octanol–water partition coefficient (Wildman–Crippen LogP) is 4.04. The summed E-state index contributed by atoms with van der Waals surface area (Å²) in [6, 6.07) is 13.0. The van der Waals surface area contributed by atoms with Gasteiger partial charge in [0.1, 0.15) is 0 Å². The van der Waals surface area contributed by atoms with E-state index in [4.69, 9.17) is 5.11 Å². The Bertz CT molecular complexity index is 596. The second-order valence-electron chi connectivity index (χ2n) is 3.99. The van der Waals surface area contributed by atoms with E-state index in [1.807, 2.05) is 37.3 Å². The van der Waals surface area contributed by atoms with Gasteiger partial charge in [0.15, 0.2) is 0 Å². The van der Waals surface area contributed by atoms with Gasteiger partial charge in [-0.15, -0.1) is 0 Å². The highest BCUT2D eigenvalue weighted by atomic mass is 127. The molecule has 2 N–H and O–H groups in total. The van der Waals surface area contributed by atoms with Crippen LogP contribution in [0, 0.1) is 10.5 Å². The average Bonchev–Trinajstić information content (AvgIpc) is 2.28. The summed E-state index contributed by atoms with van der Waals surface area (Å²) in [5.74, 6) is -0.928. The fourth-order valence-electron chi connectivity index (χ4n) is 1.67. The van der Waals surface area contributed by atoms with Crippen molar-refractivity contribution in [1.82, 2.24) is 0 Å². The third-order valence-corrected chi connectivity index (χ3v) is 3.18. The van der Waals surface area contributed by atoms with Crippen molar-refractivity contribution in [3.63, 3.8) is 0 Å². The number of aromatic carboxylic acids is 1. The lowest BCUT2D eigenvalue weighted by atomic mass is 10.1. The van der Waals surface area contributed by atoms with Gasteiger partial charge in [0.25, 0.3) is 0 Å². The Balaban J connectivity index is 2.39. The molecule has 0 radical (unpaired) electrons. The molecule has 0 aliphatic heterocycles. The Labute approximate surface area is 119 Å².